The van der Waals surface area contributed by atoms with Crippen molar-refractivity contribution in [3.63, 3.8) is 0 Å². The molecule has 0 bridgehead atoms. The van der Waals surface area contributed by atoms with Crippen LogP contribution in [0.1, 0.15) is 26.7 Å². The first-order chi connectivity index (χ1) is 7.25. The second-order valence-electron chi connectivity index (χ2n) is 2.84. The number of carbonyl (C=O) groups is 2. The van der Waals surface area contributed by atoms with Crippen molar-refractivity contribution in [1.82, 2.24) is 0 Å². The predicted octanol–water partition coefficient (Wildman–Crippen LogP) is 1.85. The van der Waals surface area contributed by atoms with Crippen molar-refractivity contribution >= 4 is 11.9 Å². The fourth-order valence-corrected chi connectivity index (χ4v) is 0.670. The summed E-state index contributed by atoms with van der Waals surface area (Å²) >= 11 is 0. The molecule has 0 heterocycles. The minimum atomic E-state index is -0.833. The molecule has 1 aliphatic rings. The molecular formula is C10H16O6. The van der Waals surface area contributed by atoms with Gasteiger partial charge in [-0.1, -0.05) is 0 Å². The van der Waals surface area contributed by atoms with E-state index >= 15 is 0 Å². The number of rotatable bonds is 0. The van der Waals surface area contributed by atoms with Crippen LogP contribution in [-0.2, 0) is 9.59 Å². The highest BCUT2D eigenvalue weighted by atomic mass is 16.4. The number of allylic oxidation sites excluding steroid dienone is 3. The summed E-state index contributed by atoms with van der Waals surface area (Å²) in [5.74, 6) is -1.22. The zero-order valence-electron chi connectivity index (χ0n) is 9.17. The summed E-state index contributed by atoms with van der Waals surface area (Å²) in [6, 6.07) is 0. The molecule has 6 heteroatoms. The summed E-state index contributed by atoms with van der Waals surface area (Å²) in [6.45, 7) is 2.17. The normalized spacial score (nSPS) is 12.9. The minimum Gasteiger partial charge on any atom is -0.512 e. The summed E-state index contributed by atoms with van der Waals surface area (Å²) in [4.78, 5) is 18.0. The van der Waals surface area contributed by atoms with Crippen molar-refractivity contribution in [3.05, 3.63) is 23.7 Å². The van der Waals surface area contributed by atoms with Crippen LogP contribution in [0, 0.1) is 0 Å². The minimum absolute atomic E-state index is 0.175. The second kappa shape index (κ2) is 9.57. The molecule has 16 heavy (non-hydrogen) atoms. The molecule has 92 valence electrons. The van der Waals surface area contributed by atoms with Crippen molar-refractivity contribution in [2.45, 2.75) is 26.7 Å². The van der Waals surface area contributed by atoms with Crippen LogP contribution in [0.15, 0.2) is 23.7 Å². The Hall–Kier alpha value is -1.98. The quantitative estimate of drug-likeness (QED) is 0.506. The first kappa shape index (κ1) is 16.4. The number of hydrogen-bond donors (Lipinski definition) is 4. The lowest BCUT2D eigenvalue weighted by Crippen LogP contribution is -1.89. The van der Waals surface area contributed by atoms with Gasteiger partial charge in [0.2, 0.25) is 0 Å². The maximum absolute atomic E-state index is 9.00. The van der Waals surface area contributed by atoms with Crippen molar-refractivity contribution in [2.24, 2.45) is 0 Å². The van der Waals surface area contributed by atoms with Gasteiger partial charge in [0.05, 0.1) is 5.76 Å². The lowest BCUT2D eigenvalue weighted by Gasteiger charge is -2.02. The van der Waals surface area contributed by atoms with E-state index in [0.29, 0.717) is 6.42 Å². The Morgan fingerprint density at radius 3 is 1.69 bits per heavy atom. The second-order valence-corrected chi connectivity index (χ2v) is 2.84. The van der Waals surface area contributed by atoms with Gasteiger partial charge in [-0.3, -0.25) is 9.59 Å². The lowest BCUT2D eigenvalue weighted by atomic mass is 10.1. The summed E-state index contributed by atoms with van der Waals surface area (Å²) in [5.41, 5.74) is 0. The highest BCUT2D eigenvalue weighted by Crippen LogP contribution is 2.11. The van der Waals surface area contributed by atoms with Crippen molar-refractivity contribution in [3.8, 4) is 0 Å². The molecule has 1 aliphatic carbocycles. The third kappa shape index (κ3) is 22.7. The van der Waals surface area contributed by atoms with Crippen molar-refractivity contribution in [1.29, 1.82) is 0 Å². The van der Waals surface area contributed by atoms with E-state index in [1.807, 2.05) is 0 Å². The van der Waals surface area contributed by atoms with Gasteiger partial charge in [0, 0.05) is 26.3 Å². The van der Waals surface area contributed by atoms with Crippen molar-refractivity contribution in [2.75, 3.05) is 0 Å². The standard InChI is InChI=1S/C6H8O2.2C2H4O2/c7-5-2-1-3-6(8)4-5;2*1-2(3)4/h2,4,7-8H,1,3H2;2*1H3,(H,3,4). The first-order valence-corrected chi connectivity index (χ1v) is 4.43. The molecule has 0 unspecified atom stereocenters. The van der Waals surface area contributed by atoms with E-state index in [9.17, 15) is 0 Å². The number of carboxylic acid groups (broad SMARTS) is 2. The molecular weight excluding hydrogens is 216 g/mol. The van der Waals surface area contributed by atoms with Crippen LogP contribution in [0.5, 0.6) is 0 Å². The third-order valence-electron chi connectivity index (χ3n) is 1.07. The van der Waals surface area contributed by atoms with E-state index < -0.39 is 11.9 Å². The monoisotopic (exact) mass is 232 g/mol. The van der Waals surface area contributed by atoms with Crippen LogP contribution < -0.4 is 0 Å². The molecule has 0 saturated carbocycles. The van der Waals surface area contributed by atoms with Gasteiger partial charge >= 0.3 is 0 Å². The van der Waals surface area contributed by atoms with Gasteiger partial charge in [0.1, 0.15) is 5.76 Å². The van der Waals surface area contributed by atoms with E-state index in [1.165, 1.54) is 6.08 Å². The summed E-state index contributed by atoms with van der Waals surface area (Å²) < 4.78 is 0. The Bertz CT molecular complexity index is 270. The molecule has 0 amide bonds. The lowest BCUT2D eigenvalue weighted by molar-refractivity contribution is -0.135. The number of carboxylic acids is 2. The molecule has 1 rings (SSSR count). The largest absolute Gasteiger partial charge is 0.512 e. The van der Waals surface area contributed by atoms with Gasteiger partial charge in [-0.15, -0.1) is 0 Å². The predicted molar refractivity (Wildman–Crippen MR) is 57.3 cm³/mol. The Balaban J connectivity index is 0. The van der Waals surface area contributed by atoms with Gasteiger partial charge in [-0.25, -0.2) is 0 Å². The zero-order chi connectivity index (χ0) is 13.1. The number of aliphatic hydroxyl groups excluding tert-OH is 2. The van der Waals surface area contributed by atoms with Crippen LogP contribution in [0.3, 0.4) is 0 Å². The number of aliphatic hydroxyl groups is 2. The smallest absolute Gasteiger partial charge is 0.300 e. The van der Waals surface area contributed by atoms with Crippen LogP contribution in [-0.4, -0.2) is 32.4 Å². The summed E-state index contributed by atoms with van der Waals surface area (Å²) in [7, 11) is 0. The van der Waals surface area contributed by atoms with Gasteiger partial charge in [0.15, 0.2) is 0 Å². The molecule has 0 aliphatic heterocycles. The fourth-order valence-electron chi connectivity index (χ4n) is 0.670. The molecule has 0 radical (unpaired) electrons. The van der Waals surface area contributed by atoms with Crippen LogP contribution in [0.4, 0.5) is 0 Å². The van der Waals surface area contributed by atoms with Crippen molar-refractivity contribution < 1.29 is 30.0 Å². The highest BCUT2D eigenvalue weighted by Gasteiger charge is 1.99. The average Bonchev–Trinajstić information content (AvgIpc) is 2.00. The summed E-state index contributed by atoms with van der Waals surface area (Å²) in [6.07, 6.45) is 4.45. The van der Waals surface area contributed by atoms with E-state index in [0.717, 1.165) is 20.3 Å². The number of hydrogen-bond acceptors (Lipinski definition) is 4. The maximum atomic E-state index is 9.00. The van der Waals surface area contributed by atoms with Crippen LogP contribution in [0.2, 0.25) is 0 Å². The third-order valence-corrected chi connectivity index (χ3v) is 1.07. The molecule has 0 aromatic carbocycles. The van der Waals surface area contributed by atoms with Crippen LogP contribution in [0.25, 0.3) is 0 Å². The fraction of sp³-hybridized carbons (Fsp3) is 0.400. The molecule has 0 atom stereocenters. The average molecular weight is 232 g/mol. The Labute approximate surface area is 93.2 Å². The van der Waals surface area contributed by atoms with E-state index in [1.54, 1.807) is 6.08 Å². The summed E-state index contributed by atoms with van der Waals surface area (Å²) in [5, 5.41) is 32.3. The number of aliphatic carboxylic acids is 2. The van der Waals surface area contributed by atoms with Gasteiger partial charge < -0.3 is 20.4 Å². The van der Waals surface area contributed by atoms with E-state index in [2.05, 4.69) is 0 Å². The molecule has 4 N–H and O–H groups in total. The van der Waals surface area contributed by atoms with Gasteiger partial charge in [-0.05, 0) is 12.5 Å². The topological polar surface area (TPSA) is 115 Å². The first-order valence-electron chi connectivity index (χ1n) is 4.43. The molecule has 0 spiro atoms. The zero-order valence-corrected chi connectivity index (χ0v) is 9.17. The molecule has 0 aromatic rings. The maximum Gasteiger partial charge on any atom is 0.300 e. The van der Waals surface area contributed by atoms with E-state index in [4.69, 9.17) is 30.0 Å². The highest BCUT2D eigenvalue weighted by molar-refractivity contribution is 5.63. The van der Waals surface area contributed by atoms with E-state index in [-0.39, 0.29) is 11.5 Å². The SMILES string of the molecule is CC(=O)O.CC(=O)O.OC1=CCCC(O)=C1. The van der Waals surface area contributed by atoms with Crippen LogP contribution >= 0.6 is 0 Å². The van der Waals surface area contributed by atoms with Gasteiger partial charge in [0.25, 0.3) is 11.9 Å². The molecule has 0 fully saturated rings. The Kier molecular flexibility index (Phi) is 9.84. The molecule has 6 nitrogen and oxygen atoms in total. The Morgan fingerprint density at radius 1 is 1.12 bits per heavy atom. The Morgan fingerprint density at radius 2 is 1.50 bits per heavy atom. The molecule has 0 aromatic heterocycles. The van der Waals surface area contributed by atoms with Gasteiger partial charge in [-0.2, -0.15) is 0 Å². The molecule has 0 saturated heterocycles.